The maximum absolute atomic E-state index is 9.39. The molecule has 4 heteroatoms. The zero-order valence-corrected chi connectivity index (χ0v) is 17.3. The van der Waals surface area contributed by atoms with Crippen LogP contribution in [0.4, 0.5) is 0 Å². The minimum absolute atomic E-state index is 0.0450. The van der Waals surface area contributed by atoms with Crippen LogP contribution in [0.5, 0.6) is 0 Å². The second kappa shape index (κ2) is 8.89. The Bertz CT molecular complexity index is 887. The van der Waals surface area contributed by atoms with Gasteiger partial charge in [0, 0.05) is 12.1 Å². The number of hydrogen-bond acceptors (Lipinski definition) is 3. The van der Waals surface area contributed by atoms with Crippen LogP contribution in [0.1, 0.15) is 19.3 Å². The molecule has 4 rings (SSSR count). The predicted octanol–water partition coefficient (Wildman–Crippen LogP) is 3.60. The van der Waals surface area contributed by atoms with Gasteiger partial charge >= 0.3 is 8.32 Å². The molecular formula is C25H24N2OSi. The van der Waals surface area contributed by atoms with Crippen molar-refractivity contribution in [2.45, 2.75) is 19.3 Å². The third-order valence-corrected chi connectivity index (χ3v) is 9.54. The van der Waals surface area contributed by atoms with Gasteiger partial charge in [-0.3, -0.25) is 0 Å². The van der Waals surface area contributed by atoms with Gasteiger partial charge in [-0.25, -0.2) is 0 Å². The SMILES string of the molecule is N#CC1CCCC1/C=N/O[Si](c1ccccc1)(c1ccccc1)c1ccccc1. The molecule has 2 atom stereocenters. The van der Waals surface area contributed by atoms with E-state index in [2.05, 4.69) is 84.0 Å². The first-order chi connectivity index (χ1) is 14.3. The van der Waals surface area contributed by atoms with Crippen molar-refractivity contribution in [1.82, 2.24) is 0 Å². The molecule has 3 aromatic rings. The molecule has 0 aromatic heterocycles. The fourth-order valence-electron chi connectivity index (χ4n) is 4.19. The topological polar surface area (TPSA) is 45.4 Å². The number of nitriles is 1. The van der Waals surface area contributed by atoms with E-state index < -0.39 is 8.32 Å². The molecule has 0 bridgehead atoms. The first-order valence-electron chi connectivity index (χ1n) is 10.1. The van der Waals surface area contributed by atoms with E-state index >= 15 is 0 Å². The van der Waals surface area contributed by atoms with Crippen LogP contribution in [0, 0.1) is 23.2 Å². The lowest BCUT2D eigenvalue weighted by molar-refractivity contribution is 0.346. The van der Waals surface area contributed by atoms with Crippen LogP contribution in [-0.2, 0) is 4.53 Å². The zero-order valence-electron chi connectivity index (χ0n) is 16.3. The Balaban J connectivity index is 1.81. The van der Waals surface area contributed by atoms with Crippen molar-refractivity contribution in [1.29, 1.82) is 5.26 Å². The van der Waals surface area contributed by atoms with E-state index in [1.807, 2.05) is 24.4 Å². The van der Waals surface area contributed by atoms with Crippen molar-refractivity contribution >= 4 is 30.1 Å². The highest BCUT2D eigenvalue weighted by Crippen LogP contribution is 2.29. The van der Waals surface area contributed by atoms with Crippen molar-refractivity contribution in [2.24, 2.45) is 17.0 Å². The fourth-order valence-corrected chi connectivity index (χ4v) is 7.71. The summed E-state index contributed by atoms with van der Waals surface area (Å²) in [5, 5.41) is 17.4. The van der Waals surface area contributed by atoms with Gasteiger partial charge in [-0.2, -0.15) is 5.26 Å². The molecule has 2 unspecified atom stereocenters. The van der Waals surface area contributed by atoms with Crippen LogP contribution < -0.4 is 15.6 Å². The molecule has 1 aliphatic rings. The quantitative estimate of drug-likeness (QED) is 0.277. The highest BCUT2D eigenvalue weighted by atomic mass is 28.4. The molecule has 3 nitrogen and oxygen atoms in total. The normalized spacial score (nSPS) is 19.1. The minimum atomic E-state index is -2.81. The molecule has 0 amide bonds. The third-order valence-electron chi connectivity index (χ3n) is 5.72. The Hall–Kier alpha value is -3.16. The van der Waals surface area contributed by atoms with E-state index in [4.69, 9.17) is 4.53 Å². The molecule has 0 saturated heterocycles. The highest BCUT2D eigenvalue weighted by Gasteiger charge is 2.44. The number of benzene rings is 3. The van der Waals surface area contributed by atoms with Crippen molar-refractivity contribution in [3.8, 4) is 6.07 Å². The summed E-state index contributed by atoms with van der Waals surface area (Å²) in [6, 6.07) is 33.6. The summed E-state index contributed by atoms with van der Waals surface area (Å²) >= 11 is 0. The van der Waals surface area contributed by atoms with Crippen molar-refractivity contribution < 1.29 is 4.53 Å². The van der Waals surface area contributed by atoms with Gasteiger partial charge in [0.25, 0.3) is 0 Å². The lowest BCUT2D eigenvalue weighted by Crippen LogP contribution is -2.68. The average molecular weight is 397 g/mol. The second-order valence-corrected chi connectivity index (χ2v) is 10.7. The fraction of sp³-hybridized carbons (Fsp3) is 0.200. The van der Waals surface area contributed by atoms with Gasteiger partial charge in [-0.05, 0) is 28.4 Å². The Morgan fingerprint density at radius 1 is 0.793 bits per heavy atom. The van der Waals surface area contributed by atoms with E-state index in [9.17, 15) is 5.26 Å². The van der Waals surface area contributed by atoms with Crippen molar-refractivity contribution in [3.63, 3.8) is 0 Å². The van der Waals surface area contributed by atoms with Crippen LogP contribution in [0.15, 0.2) is 96.2 Å². The van der Waals surface area contributed by atoms with E-state index in [1.165, 1.54) is 0 Å². The monoisotopic (exact) mass is 396 g/mol. The molecule has 0 radical (unpaired) electrons. The highest BCUT2D eigenvalue weighted by molar-refractivity contribution is 7.07. The standard InChI is InChI=1S/C25H24N2OSi/c26-19-21-11-10-12-22(21)20-27-28-29(23-13-4-1-5-14-23,24-15-6-2-7-16-24)25-17-8-3-9-18-25/h1-9,13-18,20-22H,10-12H2/b27-20+. The number of rotatable bonds is 6. The van der Waals surface area contributed by atoms with E-state index in [1.54, 1.807) is 0 Å². The molecule has 0 N–H and O–H groups in total. The Morgan fingerprint density at radius 3 is 1.72 bits per heavy atom. The average Bonchev–Trinajstić information content (AvgIpc) is 3.26. The smallest absolute Gasteiger partial charge is 0.380 e. The van der Waals surface area contributed by atoms with E-state index in [0.717, 1.165) is 34.8 Å². The zero-order chi connectivity index (χ0) is 19.9. The minimum Gasteiger partial charge on any atom is -0.438 e. The van der Waals surface area contributed by atoms with Crippen molar-refractivity contribution in [2.75, 3.05) is 0 Å². The summed E-state index contributed by atoms with van der Waals surface area (Å²) in [5.41, 5.74) is 0. The van der Waals surface area contributed by atoms with Gasteiger partial charge in [-0.1, -0.05) is 97.4 Å². The molecule has 29 heavy (non-hydrogen) atoms. The lowest BCUT2D eigenvalue weighted by Gasteiger charge is -2.30. The molecule has 1 fully saturated rings. The van der Waals surface area contributed by atoms with Gasteiger partial charge < -0.3 is 4.53 Å². The molecule has 1 saturated carbocycles. The van der Waals surface area contributed by atoms with E-state index in [-0.39, 0.29) is 11.8 Å². The molecule has 1 aliphatic carbocycles. The lowest BCUT2D eigenvalue weighted by atomic mass is 9.99. The first-order valence-corrected chi connectivity index (χ1v) is 12.0. The summed E-state index contributed by atoms with van der Waals surface area (Å²) in [4.78, 5) is 0. The largest absolute Gasteiger partial charge is 0.438 e. The van der Waals surface area contributed by atoms with Gasteiger partial charge in [0.05, 0.1) is 12.0 Å². The number of nitrogens with zero attached hydrogens (tertiary/aromatic N) is 2. The van der Waals surface area contributed by atoms with Gasteiger partial charge in [0.15, 0.2) is 0 Å². The molecule has 3 aromatic carbocycles. The van der Waals surface area contributed by atoms with Crippen LogP contribution in [-0.4, -0.2) is 14.5 Å². The molecule has 0 aliphatic heterocycles. The van der Waals surface area contributed by atoms with E-state index in [0.29, 0.717) is 0 Å². The predicted molar refractivity (Wildman–Crippen MR) is 120 cm³/mol. The summed E-state index contributed by atoms with van der Waals surface area (Å²) in [5.74, 6) is 0.220. The Labute approximate surface area is 173 Å². The molecule has 0 heterocycles. The number of hydrogen-bond donors (Lipinski definition) is 0. The Kier molecular flexibility index (Phi) is 5.88. The van der Waals surface area contributed by atoms with Crippen LogP contribution in [0.3, 0.4) is 0 Å². The second-order valence-electron chi connectivity index (χ2n) is 7.46. The van der Waals surface area contributed by atoms with Crippen LogP contribution >= 0.6 is 0 Å². The summed E-state index contributed by atoms with van der Waals surface area (Å²) in [7, 11) is -2.81. The van der Waals surface area contributed by atoms with Crippen LogP contribution in [0.25, 0.3) is 0 Å². The summed E-state index contributed by atoms with van der Waals surface area (Å²) in [6.45, 7) is 0. The van der Waals surface area contributed by atoms with Crippen molar-refractivity contribution in [3.05, 3.63) is 91.0 Å². The molecular weight excluding hydrogens is 372 g/mol. The Morgan fingerprint density at radius 2 is 1.28 bits per heavy atom. The van der Waals surface area contributed by atoms with Gasteiger partial charge in [-0.15, -0.1) is 5.16 Å². The van der Waals surface area contributed by atoms with Crippen LogP contribution in [0.2, 0.25) is 0 Å². The maximum Gasteiger partial charge on any atom is 0.380 e. The van der Waals surface area contributed by atoms with Gasteiger partial charge in [0.2, 0.25) is 0 Å². The summed E-state index contributed by atoms with van der Waals surface area (Å²) in [6.07, 6.45) is 4.90. The first kappa shape index (κ1) is 19.2. The van der Waals surface area contributed by atoms with Gasteiger partial charge in [0.1, 0.15) is 0 Å². The number of oxime groups is 1. The maximum atomic E-state index is 9.39. The summed E-state index contributed by atoms with van der Waals surface area (Å²) < 4.78 is 6.54. The third kappa shape index (κ3) is 3.87. The molecule has 0 spiro atoms. The molecule has 144 valence electrons.